The van der Waals surface area contributed by atoms with E-state index in [-0.39, 0.29) is 78.8 Å². The maximum absolute atomic E-state index is 14.2. The highest BCUT2D eigenvalue weighted by atomic mass is 32.2. The molecule has 3 fully saturated rings. The van der Waals surface area contributed by atoms with Crippen LogP contribution in [-0.4, -0.2) is 104 Å². The van der Waals surface area contributed by atoms with Crippen LogP contribution in [0.5, 0.6) is 5.75 Å². The summed E-state index contributed by atoms with van der Waals surface area (Å²) in [4.78, 5) is 89.3. The molecule has 5 aliphatic heterocycles. The molecule has 0 aliphatic carbocycles. The number of ether oxygens (including phenoxy) is 3. The van der Waals surface area contributed by atoms with Crippen LogP contribution in [0.25, 0.3) is 22.3 Å². The van der Waals surface area contributed by atoms with Crippen LogP contribution < -0.4 is 10.3 Å². The third kappa shape index (κ3) is 7.10. The van der Waals surface area contributed by atoms with Gasteiger partial charge in [-0.25, -0.2) is 14.6 Å². The summed E-state index contributed by atoms with van der Waals surface area (Å²) in [5, 5.41) is 0.830. The number of pyridine rings is 2. The Kier molecular flexibility index (Phi) is 10.9. The lowest BCUT2D eigenvalue weighted by atomic mass is 9.85. The highest BCUT2D eigenvalue weighted by Crippen LogP contribution is 2.42. The highest BCUT2D eigenvalue weighted by Gasteiger charge is 2.50. The second-order valence-corrected chi connectivity index (χ2v) is 16.8. The number of aryl methyl sites for hydroxylation is 1. The van der Waals surface area contributed by atoms with Crippen LogP contribution in [0.15, 0.2) is 29.1 Å². The van der Waals surface area contributed by atoms with Gasteiger partial charge in [-0.2, -0.15) is 0 Å². The van der Waals surface area contributed by atoms with E-state index in [9.17, 15) is 28.8 Å². The predicted molar refractivity (Wildman–Crippen MR) is 212 cm³/mol. The van der Waals surface area contributed by atoms with Gasteiger partial charge in [-0.05, 0) is 81.4 Å². The third-order valence-corrected chi connectivity index (χ3v) is 13.3. The summed E-state index contributed by atoms with van der Waals surface area (Å²) < 4.78 is 19.0. The van der Waals surface area contributed by atoms with Crippen molar-refractivity contribution in [2.75, 3.05) is 44.2 Å². The van der Waals surface area contributed by atoms with Crippen LogP contribution in [0, 0.1) is 5.92 Å². The van der Waals surface area contributed by atoms with Gasteiger partial charge in [0.15, 0.2) is 0 Å². The second kappa shape index (κ2) is 15.9. The second-order valence-electron chi connectivity index (χ2n) is 15.7. The Hall–Kier alpha value is -4.76. The summed E-state index contributed by atoms with van der Waals surface area (Å²) in [6.45, 7) is 9.24. The number of thioether (sulfide) groups is 1. The number of nitrogens with zero attached hydrogens (tertiary/aromatic N) is 5. The smallest absolute Gasteiger partial charge is 0.415 e. The number of cyclic esters (lactones) is 1. The van der Waals surface area contributed by atoms with Gasteiger partial charge in [0.2, 0.25) is 17.4 Å². The molecule has 2 aromatic heterocycles. The van der Waals surface area contributed by atoms with Gasteiger partial charge in [-0.3, -0.25) is 24.1 Å². The summed E-state index contributed by atoms with van der Waals surface area (Å²) in [7, 11) is 0. The maximum Gasteiger partial charge on any atom is 0.415 e. The van der Waals surface area contributed by atoms with Crippen molar-refractivity contribution in [2.45, 2.75) is 96.9 Å². The van der Waals surface area contributed by atoms with E-state index in [0.717, 1.165) is 42.4 Å². The predicted octanol–water partition coefficient (Wildman–Crippen LogP) is 4.77. The lowest BCUT2D eigenvalue weighted by molar-refractivity contribution is -0.187. The Morgan fingerprint density at radius 2 is 1.77 bits per heavy atom. The van der Waals surface area contributed by atoms with Crippen LogP contribution in [0.3, 0.4) is 0 Å². The number of aromatic nitrogens is 2. The molecular formula is C42H49N5O9S. The molecule has 302 valence electrons. The quantitative estimate of drug-likeness (QED) is 0.123. The standard InChI is InChI=1S/C42H49N5O9S/c1-4-28-29-20-27(55-41(53)45-15-11-26(12-16-45)44-13-7-6-8-14-44)9-10-33(29)43-37-30(28)22-47-34(37)21-32-31(39(47)51)23-54-40(52)42(32,5-2)56-36(49)24-57-18-17-46-35(48)19-25(3)38(46)50/h9-10,20-21,25-26H,4-8,11-19,22-24H2,1-3H3/t25?,42-/m0/s1. The lowest BCUT2D eigenvalue weighted by Crippen LogP contribution is -2.48. The zero-order chi connectivity index (χ0) is 40.0. The average molecular weight is 800 g/mol. The Balaban J connectivity index is 1.01. The van der Waals surface area contributed by atoms with E-state index in [4.69, 9.17) is 19.2 Å². The number of fused-ring (bicyclic) bond motifs is 5. The molecular weight excluding hydrogens is 751 g/mol. The number of likely N-dealkylation sites (tertiary alicyclic amines) is 3. The van der Waals surface area contributed by atoms with Crippen molar-refractivity contribution in [3.05, 3.63) is 56.9 Å². The molecule has 57 heavy (non-hydrogen) atoms. The molecule has 3 aromatic rings. The van der Waals surface area contributed by atoms with Gasteiger partial charge in [-0.15, -0.1) is 11.8 Å². The van der Waals surface area contributed by atoms with Crippen molar-refractivity contribution < 1.29 is 38.2 Å². The molecule has 0 radical (unpaired) electrons. The van der Waals surface area contributed by atoms with Crippen molar-refractivity contribution in [3.63, 3.8) is 0 Å². The lowest BCUT2D eigenvalue weighted by Gasteiger charge is -2.39. The first-order chi connectivity index (χ1) is 27.5. The molecule has 1 unspecified atom stereocenters. The zero-order valence-corrected chi connectivity index (χ0v) is 33.6. The topological polar surface area (TPSA) is 158 Å². The van der Waals surface area contributed by atoms with E-state index in [1.807, 2.05) is 19.1 Å². The Morgan fingerprint density at radius 3 is 2.47 bits per heavy atom. The number of hydrogen-bond acceptors (Lipinski definition) is 12. The monoisotopic (exact) mass is 799 g/mol. The van der Waals surface area contributed by atoms with Crippen molar-refractivity contribution in [2.24, 2.45) is 5.92 Å². The average Bonchev–Trinajstić information content (AvgIpc) is 3.71. The Morgan fingerprint density at radius 1 is 1.00 bits per heavy atom. The van der Waals surface area contributed by atoms with Gasteiger partial charge in [0.1, 0.15) is 12.4 Å². The largest absolute Gasteiger partial charge is 0.457 e. The van der Waals surface area contributed by atoms with Crippen molar-refractivity contribution in [1.29, 1.82) is 0 Å². The number of piperidine rings is 2. The minimum absolute atomic E-state index is 0.0307. The van der Waals surface area contributed by atoms with Crippen LogP contribution in [0.2, 0.25) is 0 Å². The van der Waals surface area contributed by atoms with Crippen molar-refractivity contribution in [1.82, 2.24) is 24.3 Å². The SMILES string of the molecule is CCc1c2c(nc3ccc(OC(=O)N4CCC(N5CCCCC5)CC4)cc13)-c1cc3c(c(=O)n1C2)COC(=O)[C@@]3(CC)OC(=O)CSCCN1C(=O)CC(C)C1=O. The Bertz CT molecular complexity index is 2210. The molecule has 14 nitrogen and oxygen atoms in total. The van der Waals surface area contributed by atoms with E-state index < -0.39 is 17.5 Å². The summed E-state index contributed by atoms with van der Waals surface area (Å²) in [5.41, 5.74) is 1.95. The highest BCUT2D eigenvalue weighted by molar-refractivity contribution is 7.99. The molecule has 3 amide bonds. The Labute approximate surface area is 335 Å². The number of benzene rings is 1. The molecule has 3 saturated heterocycles. The fourth-order valence-corrected chi connectivity index (χ4v) is 9.93. The van der Waals surface area contributed by atoms with Crippen LogP contribution in [0.4, 0.5) is 4.79 Å². The number of carbonyl (C=O) groups excluding carboxylic acids is 5. The van der Waals surface area contributed by atoms with E-state index in [2.05, 4.69) is 4.90 Å². The summed E-state index contributed by atoms with van der Waals surface area (Å²) >= 11 is 1.19. The van der Waals surface area contributed by atoms with Gasteiger partial charge in [0.05, 0.1) is 34.8 Å². The number of hydrogen-bond donors (Lipinski definition) is 0. The molecule has 5 aliphatic rings. The molecule has 0 saturated carbocycles. The van der Waals surface area contributed by atoms with Gasteiger partial charge in [0.25, 0.3) is 5.56 Å². The van der Waals surface area contributed by atoms with Gasteiger partial charge >= 0.3 is 18.0 Å². The first kappa shape index (κ1) is 39.1. The molecule has 1 aromatic carbocycles. The van der Waals surface area contributed by atoms with E-state index in [0.29, 0.717) is 54.0 Å². The van der Waals surface area contributed by atoms with Crippen LogP contribution in [0.1, 0.15) is 88.0 Å². The van der Waals surface area contributed by atoms with E-state index >= 15 is 0 Å². The molecule has 0 bridgehead atoms. The van der Waals surface area contributed by atoms with Crippen molar-refractivity contribution >= 4 is 52.5 Å². The summed E-state index contributed by atoms with van der Waals surface area (Å²) in [5.74, 6) is -1.61. The summed E-state index contributed by atoms with van der Waals surface area (Å²) in [6.07, 6.45) is 6.16. The number of esters is 2. The van der Waals surface area contributed by atoms with Crippen molar-refractivity contribution in [3.8, 4) is 17.1 Å². The van der Waals surface area contributed by atoms with Gasteiger partial charge in [-0.1, -0.05) is 27.2 Å². The molecule has 8 rings (SSSR count). The molecule has 7 heterocycles. The summed E-state index contributed by atoms with van der Waals surface area (Å²) in [6, 6.07) is 7.67. The fourth-order valence-electron chi connectivity index (χ4n) is 9.25. The van der Waals surface area contributed by atoms with Gasteiger partial charge in [0, 0.05) is 60.3 Å². The van der Waals surface area contributed by atoms with E-state index in [1.54, 1.807) is 35.4 Å². The maximum atomic E-state index is 14.2. The zero-order valence-electron chi connectivity index (χ0n) is 32.8. The molecule has 2 atom stereocenters. The molecule has 0 N–H and O–H groups in total. The number of carbonyl (C=O) groups is 5. The number of rotatable bonds is 10. The number of imide groups is 1. The normalized spacial score (nSPS) is 22.4. The van der Waals surface area contributed by atoms with Gasteiger partial charge < -0.3 is 28.6 Å². The van der Waals surface area contributed by atoms with Crippen LogP contribution >= 0.6 is 11.8 Å². The minimum atomic E-state index is -1.84. The molecule has 15 heteroatoms. The van der Waals surface area contributed by atoms with Crippen LogP contribution in [-0.2, 0) is 53.8 Å². The third-order valence-electron chi connectivity index (χ3n) is 12.4. The number of amides is 3. The fraction of sp³-hybridized carbons (Fsp3) is 0.548. The van der Waals surface area contributed by atoms with E-state index in [1.165, 1.54) is 35.9 Å². The minimum Gasteiger partial charge on any atom is -0.457 e. The first-order valence-electron chi connectivity index (χ1n) is 20.3. The molecule has 0 spiro atoms. The first-order valence-corrected chi connectivity index (χ1v) is 21.4.